The molecular weight excluding hydrogens is 284 g/mol. The first-order valence-electron chi connectivity index (χ1n) is 6.86. The fourth-order valence-corrected chi connectivity index (χ4v) is 2.09. The number of ether oxygens (including phenoxy) is 1. The molecule has 2 aromatic rings. The van der Waals surface area contributed by atoms with E-state index in [1.54, 1.807) is 0 Å². The van der Waals surface area contributed by atoms with Gasteiger partial charge in [-0.3, -0.25) is 4.68 Å². The molecule has 0 aliphatic heterocycles. The highest BCUT2D eigenvalue weighted by Crippen LogP contribution is 2.23. The summed E-state index contributed by atoms with van der Waals surface area (Å²) < 4.78 is 7.40. The predicted octanol–water partition coefficient (Wildman–Crippen LogP) is 2.61. The van der Waals surface area contributed by atoms with Crippen molar-refractivity contribution in [3.05, 3.63) is 41.7 Å². The van der Waals surface area contributed by atoms with Crippen molar-refractivity contribution in [2.75, 3.05) is 11.9 Å². The van der Waals surface area contributed by atoms with Crippen LogP contribution in [0.2, 0.25) is 0 Å². The normalized spacial score (nSPS) is 10.2. The van der Waals surface area contributed by atoms with E-state index in [0.29, 0.717) is 18.3 Å². The van der Waals surface area contributed by atoms with Gasteiger partial charge in [-0.2, -0.15) is 5.10 Å². The summed E-state index contributed by atoms with van der Waals surface area (Å²) in [7, 11) is 1.92. The van der Waals surface area contributed by atoms with Crippen LogP contribution in [-0.2, 0) is 13.6 Å². The monoisotopic (exact) mass is 304 g/mol. The van der Waals surface area contributed by atoms with Crippen molar-refractivity contribution in [3.8, 4) is 5.75 Å². The van der Waals surface area contributed by atoms with Gasteiger partial charge in [-0.05, 0) is 38.2 Å². The molecular formula is C15H20N4OS. The van der Waals surface area contributed by atoms with Crippen molar-refractivity contribution in [3.63, 3.8) is 0 Å². The van der Waals surface area contributed by atoms with E-state index in [-0.39, 0.29) is 0 Å². The lowest BCUT2D eigenvalue weighted by Gasteiger charge is -2.14. The largest absolute Gasteiger partial charge is 0.492 e. The van der Waals surface area contributed by atoms with Gasteiger partial charge in [0, 0.05) is 24.8 Å². The number of nitrogens with zero attached hydrogens (tertiary/aromatic N) is 2. The van der Waals surface area contributed by atoms with Gasteiger partial charge < -0.3 is 15.4 Å². The number of aryl methyl sites for hydroxylation is 1. The minimum absolute atomic E-state index is 0.561. The molecule has 1 aromatic carbocycles. The first kappa shape index (κ1) is 15.3. The van der Waals surface area contributed by atoms with Gasteiger partial charge in [-0.15, -0.1) is 0 Å². The average Bonchev–Trinajstić information content (AvgIpc) is 2.79. The summed E-state index contributed by atoms with van der Waals surface area (Å²) in [6.07, 6.45) is 1.85. The van der Waals surface area contributed by atoms with Crippen LogP contribution in [0.25, 0.3) is 0 Å². The van der Waals surface area contributed by atoms with E-state index in [2.05, 4.69) is 15.7 Å². The topological polar surface area (TPSA) is 51.1 Å². The molecule has 0 aliphatic rings. The molecule has 0 aliphatic carbocycles. The zero-order valence-electron chi connectivity index (χ0n) is 12.5. The molecule has 0 spiro atoms. The molecule has 0 fully saturated rings. The summed E-state index contributed by atoms with van der Waals surface area (Å²) in [4.78, 5) is 0. The Hall–Kier alpha value is -2.08. The minimum Gasteiger partial charge on any atom is -0.492 e. The van der Waals surface area contributed by atoms with E-state index in [9.17, 15) is 0 Å². The fraction of sp³-hybridized carbons (Fsp3) is 0.333. The number of hydrogen-bond acceptors (Lipinski definition) is 3. The number of anilines is 1. The second-order valence-electron chi connectivity index (χ2n) is 4.62. The second kappa shape index (κ2) is 7.08. The number of rotatable bonds is 5. The van der Waals surface area contributed by atoms with Gasteiger partial charge in [0.15, 0.2) is 5.11 Å². The molecule has 0 amide bonds. The zero-order chi connectivity index (χ0) is 15.2. The Bertz CT molecular complexity index is 624. The highest BCUT2D eigenvalue weighted by atomic mass is 32.1. The summed E-state index contributed by atoms with van der Waals surface area (Å²) in [5, 5.41) is 11.1. The molecule has 21 heavy (non-hydrogen) atoms. The maximum Gasteiger partial charge on any atom is 0.171 e. The lowest BCUT2D eigenvalue weighted by atomic mass is 10.2. The molecule has 1 aromatic heterocycles. The Morgan fingerprint density at radius 3 is 2.81 bits per heavy atom. The number of thiocarbonyl (C=S) groups is 1. The quantitative estimate of drug-likeness (QED) is 0.832. The Balaban J connectivity index is 1.94. The van der Waals surface area contributed by atoms with E-state index in [0.717, 1.165) is 22.7 Å². The molecule has 0 saturated heterocycles. The Kier molecular flexibility index (Phi) is 5.16. The maximum absolute atomic E-state index is 5.56. The Labute approximate surface area is 130 Å². The third kappa shape index (κ3) is 3.95. The van der Waals surface area contributed by atoms with Gasteiger partial charge >= 0.3 is 0 Å². The zero-order valence-corrected chi connectivity index (χ0v) is 13.3. The molecule has 5 nitrogen and oxygen atoms in total. The van der Waals surface area contributed by atoms with Crippen LogP contribution < -0.4 is 15.4 Å². The van der Waals surface area contributed by atoms with Gasteiger partial charge in [-0.25, -0.2) is 0 Å². The van der Waals surface area contributed by atoms with Crippen molar-refractivity contribution in [2.45, 2.75) is 20.4 Å². The van der Waals surface area contributed by atoms with Crippen LogP contribution in [0.4, 0.5) is 5.69 Å². The number of nitrogens with one attached hydrogen (secondary N) is 2. The lowest BCUT2D eigenvalue weighted by molar-refractivity contribution is 0.342. The number of benzene rings is 1. The van der Waals surface area contributed by atoms with Crippen LogP contribution in [0, 0.1) is 6.92 Å². The summed E-state index contributed by atoms with van der Waals surface area (Å²) in [6.45, 7) is 5.25. The molecule has 0 atom stereocenters. The predicted molar refractivity (Wildman–Crippen MR) is 88.6 cm³/mol. The van der Waals surface area contributed by atoms with Crippen LogP contribution in [0.3, 0.4) is 0 Å². The number of para-hydroxylation sites is 2. The first-order valence-corrected chi connectivity index (χ1v) is 7.26. The second-order valence-corrected chi connectivity index (χ2v) is 5.02. The standard InChI is InChI=1S/C15H20N4OS/c1-4-20-14-8-6-5-7-13(14)18-15(21)16-9-12-10-17-19(3)11(12)2/h5-8,10H,4,9H2,1-3H3,(H2,16,18,21). The van der Waals surface area contributed by atoms with Crippen molar-refractivity contribution in [1.29, 1.82) is 0 Å². The fourth-order valence-electron chi connectivity index (χ4n) is 1.91. The minimum atomic E-state index is 0.561. The van der Waals surface area contributed by atoms with Crippen molar-refractivity contribution in [2.24, 2.45) is 7.05 Å². The lowest BCUT2D eigenvalue weighted by Crippen LogP contribution is -2.28. The van der Waals surface area contributed by atoms with Crippen molar-refractivity contribution < 1.29 is 4.74 Å². The van der Waals surface area contributed by atoms with Crippen molar-refractivity contribution >= 4 is 23.0 Å². The van der Waals surface area contributed by atoms with E-state index in [4.69, 9.17) is 17.0 Å². The molecule has 1 heterocycles. The van der Waals surface area contributed by atoms with E-state index in [1.165, 1.54) is 0 Å². The van der Waals surface area contributed by atoms with Crippen molar-refractivity contribution in [1.82, 2.24) is 15.1 Å². The van der Waals surface area contributed by atoms with Gasteiger partial charge in [0.2, 0.25) is 0 Å². The summed E-state index contributed by atoms with van der Waals surface area (Å²) in [5.41, 5.74) is 3.11. The summed E-state index contributed by atoms with van der Waals surface area (Å²) in [6, 6.07) is 7.73. The summed E-state index contributed by atoms with van der Waals surface area (Å²) >= 11 is 5.32. The van der Waals surface area contributed by atoms with E-state index >= 15 is 0 Å². The molecule has 0 unspecified atom stereocenters. The third-order valence-corrected chi connectivity index (χ3v) is 3.46. The molecule has 0 saturated carbocycles. The maximum atomic E-state index is 5.56. The third-order valence-electron chi connectivity index (χ3n) is 3.21. The number of aromatic nitrogens is 2. The molecule has 112 valence electrons. The molecule has 0 radical (unpaired) electrons. The van der Waals surface area contributed by atoms with Crippen LogP contribution in [-0.4, -0.2) is 21.5 Å². The Morgan fingerprint density at radius 1 is 1.38 bits per heavy atom. The molecule has 0 bridgehead atoms. The highest BCUT2D eigenvalue weighted by Gasteiger charge is 2.06. The first-order chi connectivity index (χ1) is 10.1. The van der Waals surface area contributed by atoms with E-state index < -0.39 is 0 Å². The molecule has 2 rings (SSSR count). The Morgan fingerprint density at radius 2 is 2.14 bits per heavy atom. The SMILES string of the molecule is CCOc1ccccc1NC(=S)NCc1cnn(C)c1C. The van der Waals surface area contributed by atoms with E-state index in [1.807, 2.05) is 56.0 Å². The van der Waals surface area contributed by atoms with Crippen LogP contribution >= 0.6 is 12.2 Å². The molecule has 6 heteroatoms. The van der Waals surface area contributed by atoms with Gasteiger partial charge in [0.25, 0.3) is 0 Å². The van der Waals surface area contributed by atoms with Gasteiger partial charge in [-0.1, -0.05) is 12.1 Å². The van der Waals surface area contributed by atoms with Crippen LogP contribution in [0.15, 0.2) is 30.5 Å². The van der Waals surface area contributed by atoms with Crippen LogP contribution in [0.5, 0.6) is 5.75 Å². The summed E-state index contributed by atoms with van der Waals surface area (Å²) in [5.74, 6) is 0.793. The average molecular weight is 304 g/mol. The molecule has 2 N–H and O–H groups in total. The van der Waals surface area contributed by atoms with Crippen LogP contribution in [0.1, 0.15) is 18.2 Å². The number of hydrogen-bond donors (Lipinski definition) is 2. The smallest absolute Gasteiger partial charge is 0.171 e. The van der Waals surface area contributed by atoms with Gasteiger partial charge in [0.1, 0.15) is 5.75 Å². The van der Waals surface area contributed by atoms with Gasteiger partial charge in [0.05, 0.1) is 18.5 Å². The highest BCUT2D eigenvalue weighted by molar-refractivity contribution is 7.80.